The summed E-state index contributed by atoms with van der Waals surface area (Å²) in [7, 11) is 1.93. The first-order valence-electron chi connectivity index (χ1n) is 12.3. The Balaban J connectivity index is 0.000000237. The molecule has 0 aromatic heterocycles. The maximum atomic E-state index is 10.5. The van der Waals surface area contributed by atoms with Crippen molar-refractivity contribution in [3.63, 3.8) is 0 Å². The number of carbonyl (C=O) groups is 1. The van der Waals surface area contributed by atoms with Crippen LogP contribution in [-0.2, 0) is 0 Å². The third-order valence-electron chi connectivity index (χ3n) is 5.28. The second-order valence-corrected chi connectivity index (χ2v) is 8.47. The van der Waals surface area contributed by atoms with Crippen LogP contribution in [0.3, 0.4) is 0 Å². The lowest BCUT2D eigenvalue weighted by Crippen LogP contribution is -2.14. The molecule has 0 heterocycles. The fourth-order valence-corrected chi connectivity index (χ4v) is 3.59. The monoisotopic (exact) mass is 478 g/mol. The number of anilines is 3. The number of aryl methyl sites for hydroxylation is 1. The highest BCUT2D eigenvalue weighted by Crippen LogP contribution is 2.32. The zero-order valence-electron chi connectivity index (χ0n) is 22.2. The van der Waals surface area contributed by atoms with Crippen LogP contribution in [-0.4, -0.2) is 13.3 Å². The van der Waals surface area contributed by atoms with Crippen LogP contribution in [0.4, 0.5) is 17.1 Å². The molecule has 186 valence electrons. The molecule has 4 aromatic rings. The van der Waals surface area contributed by atoms with E-state index in [0.29, 0.717) is 5.56 Å². The van der Waals surface area contributed by atoms with Gasteiger partial charge in [0.1, 0.15) is 6.29 Å². The third-order valence-corrected chi connectivity index (χ3v) is 5.28. The minimum absolute atomic E-state index is 0.713. The Bertz CT molecular complexity index is 1200. The predicted octanol–water partition coefficient (Wildman–Crippen LogP) is 9.29. The molecule has 0 fully saturated rings. The van der Waals surface area contributed by atoms with Crippen molar-refractivity contribution < 1.29 is 4.79 Å². The summed E-state index contributed by atoms with van der Waals surface area (Å²) >= 11 is 0. The van der Waals surface area contributed by atoms with Gasteiger partial charge in [0.05, 0.1) is 0 Å². The number of para-hydroxylation sites is 1. The molecule has 1 N–H and O–H groups in total. The Morgan fingerprint density at radius 3 is 1.83 bits per heavy atom. The molecule has 0 aliphatic rings. The molecule has 0 saturated carbocycles. The lowest BCUT2D eigenvalue weighted by molar-refractivity contribution is 0.112. The molecule has 0 aliphatic heterocycles. The summed E-state index contributed by atoms with van der Waals surface area (Å²) in [6.07, 6.45) is 2.11. The molecule has 0 amide bonds. The molecule has 4 rings (SSSR count). The van der Waals surface area contributed by atoms with Gasteiger partial charge in [-0.1, -0.05) is 99.6 Å². The SMILES string of the molecule is C=C(C)N(c1ccccc1)c1ccc(NC)cc1C.CCC.O=Cc1ccc(-c2ccccc2)cc1. The maximum Gasteiger partial charge on any atom is 0.150 e. The normalized spacial score (nSPS) is 9.58. The Hall–Kier alpha value is -4.11. The van der Waals surface area contributed by atoms with Crippen LogP contribution >= 0.6 is 0 Å². The summed E-state index contributed by atoms with van der Waals surface area (Å²) < 4.78 is 0. The average Bonchev–Trinajstić information content (AvgIpc) is 2.91. The molecule has 0 unspecified atom stereocenters. The minimum Gasteiger partial charge on any atom is -0.388 e. The van der Waals surface area contributed by atoms with E-state index in [1.165, 1.54) is 17.5 Å². The van der Waals surface area contributed by atoms with Crippen molar-refractivity contribution in [2.45, 2.75) is 34.1 Å². The van der Waals surface area contributed by atoms with Gasteiger partial charge in [0.15, 0.2) is 0 Å². The summed E-state index contributed by atoms with van der Waals surface area (Å²) in [6.45, 7) is 12.5. The minimum atomic E-state index is 0.713. The predicted molar refractivity (Wildman–Crippen MR) is 157 cm³/mol. The van der Waals surface area contributed by atoms with Crippen molar-refractivity contribution in [2.24, 2.45) is 0 Å². The van der Waals surface area contributed by atoms with Crippen molar-refractivity contribution >= 4 is 23.3 Å². The van der Waals surface area contributed by atoms with Gasteiger partial charge in [-0.15, -0.1) is 0 Å². The first kappa shape index (κ1) is 28.1. The standard InChI is InChI=1S/C17H20N2.C13H10O.C3H8/c1-13(2)19(16-8-6-5-7-9-16)17-11-10-15(18-4)12-14(17)3;14-10-11-6-8-13(9-7-11)12-4-2-1-3-5-12;1-3-2/h5-12,18H,1H2,2-4H3;1-10H;3H2,1-2H3. The zero-order chi connectivity index (χ0) is 26.3. The van der Waals surface area contributed by atoms with E-state index in [1.807, 2.05) is 74.6 Å². The van der Waals surface area contributed by atoms with Crippen molar-refractivity contribution in [1.29, 1.82) is 0 Å². The average molecular weight is 479 g/mol. The lowest BCUT2D eigenvalue weighted by atomic mass is 10.0. The number of hydrogen-bond donors (Lipinski definition) is 1. The second-order valence-electron chi connectivity index (χ2n) is 8.47. The Kier molecular flexibility index (Phi) is 11.7. The highest BCUT2D eigenvalue weighted by atomic mass is 16.1. The number of carbonyl (C=O) groups excluding carboxylic acids is 1. The quantitative estimate of drug-likeness (QED) is 0.280. The molecule has 4 aromatic carbocycles. The van der Waals surface area contributed by atoms with Gasteiger partial charge in [-0.3, -0.25) is 4.79 Å². The summed E-state index contributed by atoms with van der Waals surface area (Å²) in [6, 6.07) is 34.3. The highest BCUT2D eigenvalue weighted by molar-refractivity contribution is 5.77. The Morgan fingerprint density at radius 2 is 1.36 bits per heavy atom. The topological polar surface area (TPSA) is 32.3 Å². The molecule has 3 nitrogen and oxygen atoms in total. The molecule has 3 heteroatoms. The fourth-order valence-electron chi connectivity index (χ4n) is 3.59. The van der Waals surface area contributed by atoms with E-state index in [2.05, 4.69) is 80.0 Å². The van der Waals surface area contributed by atoms with E-state index >= 15 is 0 Å². The van der Waals surface area contributed by atoms with E-state index in [0.717, 1.165) is 34.6 Å². The fraction of sp³-hybridized carbons (Fsp3) is 0.182. The number of benzene rings is 4. The van der Waals surface area contributed by atoms with Crippen LogP contribution in [0.5, 0.6) is 0 Å². The van der Waals surface area contributed by atoms with Gasteiger partial charge in [0, 0.05) is 35.4 Å². The molecule has 36 heavy (non-hydrogen) atoms. The Labute approximate surface area is 217 Å². The van der Waals surface area contributed by atoms with Gasteiger partial charge in [0.25, 0.3) is 0 Å². The van der Waals surface area contributed by atoms with Gasteiger partial charge in [-0.25, -0.2) is 0 Å². The van der Waals surface area contributed by atoms with E-state index in [4.69, 9.17) is 0 Å². The summed E-state index contributed by atoms with van der Waals surface area (Å²) in [4.78, 5) is 12.6. The van der Waals surface area contributed by atoms with E-state index in [1.54, 1.807) is 0 Å². The molecule has 0 radical (unpaired) electrons. The van der Waals surface area contributed by atoms with Gasteiger partial charge in [-0.2, -0.15) is 0 Å². The largest absolute Gasteiger partial charge is 0.388 e. The van der Waals surface area contributed by atoms with Crippen molar-refractivity contribution in [2.75, 3.05) is 17.3 Å². The molecule has 0 bridgehead atoms. The number of rotatable bonds is 6. The molecule has 0 spiro atoms. The first-order valence-corrected chi connectivity index (χ1v) is 12.3. The van der Waals surface area contributed by atoms with Crippen LogP contribution in [0.25, 0.3) is 11.1 Å². The molecule has 0 aliphatic carbocycles. The van der Waals surface area contributed by atoms with E-state index in [9.17, 15) is 4.79 Å². The van der Waals surface area contributed by atoms with Crippen LogP contribution < -0.4 is 10.2 Å². The highest BCUT2D eigenvalue weighted by Gasteiger charge is 2.12. The van der Waals surface area contributed by atoms with Crippen molar-refractivity contribution in [3.05, 3.63) is 127 Å². The van der Waals surface area contributed by atoms with Crippen molar-refractivity contribution in [3.8, 4) is 11.1 Å². The molecular formula is C33H38N2O. The molecule has 0 saturated heterocycles. The second kappa shape index (κ2) is 15.0. The van der Waals surface area contributed by atoms with Crippen LogP contribution in [0.1, 0.15) is 43.1 Å². The maximum absolute atomic E-state index is 10.5. The number of allylic oxidation sites excluding steroid dienone is 1. The number of aldehydes is 1. The molecule has 0 atom stereocenters. The Morgan fingerprint density at radius 1 is 0.833 bits per heavy atom. The van der Waals surface area contributed by atoms with Crippen molar-refractivity contribution in [1.82, 2.24) is 0 Å². The summed E-state index contributed by atoms with van der Waals surface area (Å²) in [5, 5.41) is 3.16. The summed E-state index contributed by atoms with van der Waals surface area (Å²) in [5.74, 6) is 0. The van der Waals surface area contributed by atoms with Crippen LogP contribution in [0.2, 0.25) is 0 Å². The lowest BCUT2D eigenvalue weighted by Gasteiger charge is -2.27. The summed E-state index contributed by atoms with van der Waals surface area (Å²) in [5.41, 5.74) is 8.67. The number of nitrogens with one attached hydrogen (secondary N) is 1. The number of hydrogen-bond acceptors (Lipinski definition) is 3. The van der Waals surface area contributed by atoms with Gasteiger partial charge in [-0.05, 0) is 60.9 Å². The van der Waals surface area contributed by atoms with Crippen LogP contribution in [0, 0.1) is 6.92 Å². The third kappa shape index (κ3) is 8.28. The van der Waals surface area contributed by atoms with Crippen LogP contribution in [0.15, 0.2) is 115 Å². The smallest absolute Gasteiger partial charge is 0.150 e. The zero-order valence-corrected chi connectivity index (χ0v) is 22.2. The van der Waals surface area contributed by atoms with Gasteiger partial charge in [0.2, 0.25) is 0 Å². The van der Waals surface area contributed by atoms with E-state index < -0.39 is 0 Å². The first-order chi connectivity index (χ1) is 17.4. The van der Waals surface area contributed by atoms with Gasteiger partial charge < -0.3 is 10.2 Å². The molecular weight excluding hydrogens is 440 g/mol. The van der Waals surface area contributed by atoms with Gasteiger partial charge >= 0.3 is 0 Å². The number of nitrogens with zero attached hydrogens (tertiary/aromatic N) is 1. The van der Waals surface area contributed by atoms with E-state index in [-0.39, 0.29) is 0 Å².